The van der Waals surface area contributed by atoms with Crippen LogP contribution in [-0.4, -0.2) is 72.0 Å². The predicted molar refractivity (Wildman–Crippen MR) is 146 cm³/mol. The first-order valence-electron chi connectivity index (χ1n) is 13.4. The molecule has 4 aromatic rings. The summed E-state index contributed by atoms with van der Waals surface area (Å²) in [6.07, 6.45) is 4.68. The number of nitrogens with zero attached hydrogens (tertiary/aromatic N) is 8. The lowest BCUT2D eigenvalue weighted by atomic mass is 10.0. The van der Waals surface area contributed by atoms with Gasteiger partial charge in [0.1, 0.15) is 17.3 Å². The van der Waals surface area contributed by atoms with Crippen molar-refractivity contribution in [3.8, 4) is 11.3 Å². The van der Waals surface area contributed by atoms with Crippen molar-refractivity contribution in [2.24, 2.45) is 11.8 Å². The molecular weight excluding hydrogens is 481 g/mol. The first-order chi connectivity index (χ1) is 18.4. The number of anilines is 2. The topological polar surface area (TPSA) is 87.9 Å². The van der Waals surface area contributed by atoms with Crippen LogP contribution in [0.25, 0.3) is 22.4 Å². The van der Waals surface area contributed by atoms with Crippen LogP contribution in [0.1, 0.15) is 38.2 Å². The van der Waals surface area contributed by atoms with E-state index in [1.54, 1.807) is 6.20 Å². The molecule has 0 saturated carbocycles. The van der Waals surface area contributed by atoms with Crippen LogP contribution in [0.5, 0.6) is 0 Å². The number of rotatable bonds is 7. The van der Waals surface area contributed by atoms with E-state index in [1.165, 1.54) is 24.8 Å². The van der Waals surface area contributed by atoms with Crippen molar-refractivity contribution in [1.29, 1.82) is 0 Å². The molecular formula is C28H34FN9. The molecule has 0 spiro atoms. The quantitative estimate of drug-likeness (QED) is 0.387. The fourth-order valence-electron chi connectivity index (χ4n) is 6.04. The Morgan fingerprint density at radius 3 is 2.42 bits per heavy atom. The summed E-state index contributed by atoms with van der Waals surface area (Å²) in [6, 6.07) is 6.10. The Morgan fingerprint density at radius 2 is 1.74 bits per heavy atom. The molecule has 2 fully saturated rings. The zero-order valence-electron chi connectivity index (χ0n) is 22.4. The number of fused-ring (bicyclic) bond motifs is 2. The largest absolute Gasteiger partial charge is 0.324 e. The molecule has 0 amide bonds. The van der Waals surface area contributed by atoms with Crippen LogP contribution in [0.2, 0.25) is 0 Å². The highest BCUT2D eigenvalue weighted by Crippen LogP contribution is 2.32. The van der Waals surface area contributed by atoms with Gasteiger partial charge in [0.15, 0.2) is 11.5 Å². The van der Waals surface area contributed by atoms with Crippen LogP contribution >= 0.6 is 0 Å². The molecule has 6 rings (SSSR count). The van der Waals surface area contributed by atoms with Crippen molar-refractivity contribution in [2.45, 2.75) is 40.3 Å². The fraction of sp³-hybridized carbons (Fsp3) is 0.464. The van der Waals surface area contributed by atoms with Crippen molar-refractivity contribution in [3.63, 3.8) is 0 Å². The normalized spacial score (nSPS) is 20.1. The Hall–Kier alpha value is -3.50. The van der Waals surface area contributed by atoms with Gasteiger partial charge in [-0.3, -0.25) is 4.90 Å². The Kier molecular flexibility index (Phi) is 6.53. The molecule has 0 radical (unpaired) electrons. The lowest BCUT2D eigenvalue weighted by molar-refractivity contribution is 0.257. The molecule has 198 valence electrons. The molecule has 0 aromatic carbocycles. The molecule has 38 heavy (non-hydrogen) atoms. The van der Waals surface area contributed by atoms with E-state index in [1.807, 2.05) is 25.3 Å². The Morgan fingerprint density at radius 1 is 0.974 bits per heavy atom. The number of halogens is 1. The van der Waals surface area contributed by atoms with E-state index in [9.17, 15) is 4.39 Å². The van der Waals surface area contributed by atoms with E-state index >= 15 is 0 Å². The maximum atomic E-state index is 14.8. The molecule has 2 aliphatic heterocycles. The van der Waals surface area contributed by atoms with Crippen LogP contribution in [0.15, 0.2) is 36.8 Å². The lowest BCUT2D eigenvalue weighted by Gasteiger charge is -2.20. The minimum absolute atomic E-state index is 0.184. The molecule has 1 N–H and O–H groups in total. The number of nitrogens with one attached hydrogen (secondary N) is 1. The van der Waals surface area contributed by atoms with Gasteiger partial charge in [0.05, 0.1) is 11.7 Å². The summed E-state index contributed by atoms with van der Waals surface area (Å²) < 4.78 is 16.9. The van der Waals surface area contributed by atoms with Crippen LogP contribution < -0.4 is 5.32 Å². The van der Waals surface area contributed by atoms with E-state index in [0.29, 0.717) is 17.0 Å². The van der Waals surface area contributed by atoms with Crippen LogP contribution in [0, 0.1) is 24.6 Å². The van der Waals surface area contributed by atoms with Crippen LogP contribution in [0.3, 0.4) is 0 Å². The SMILES string of the molecule is CCN1CC2CN(Cc3ccc(Nc4ncc(F)c(-c5cnc6nc(C)n(C(C)C)c6c5)n4)nc3)CC2C1. The summed E-state index contributed by atoms with van der Waals surface area (Å²) in [5, 5.41) is 3.12. The Labute approximate surface area is 222 Å². The number of pyridine rings is 2. The highest BCUT2D eigenvalue weighted by Gasteiger charge is 2.39. The minimum atomic E-state index is -0.509. The maximum Gasteiger partial charge on any atom is 0.229 e. The number of likely N-dealkylation sites (tertiary alicyclic amines) is 2. The van der Waals surface area contributed by atoms with Crippen LogP contribution in [0.4, 0.5) is 16.2 Å². The Balaban J connectivity index is 1.15. The zero-order chi connectivity index (χ0) is 26.4. The highest BCUT2D eigenvalue weighted by molar-refractivity contribution is 5.78. The summed E-state index contributed by atoms with van der Waals surface area (Å²) in [5.74, 6) is 2.84. The zero-order valence-corrected chi connectivity index (χ0v) is 22.4. The van der Waals surface area contributed by atoms with E-state index < -0.39 is 5.82 Å². The molecule has 0 aliphatic carbocycles. The summed E-state index contributed by atoms with van der Waals surface area (Å²) in [5.41, 5.74) is 3.42. The van der Waals surface area contributed by atoms with Gasteiger partial charge in [0.25, 0.3) is 0 Å². The van der Waals surface area contributed by atoms with Gasteiger partial charge in [-0.1, -0.05) is 13.0 Å². The van der Waals surface area contributed by atoms with Crippen molar-refractivity contribution in [1.82, 2.24) is 39.3 Å². The number of aryl methyl sites for hydroxylation is 1. The van der Waals surface area contributed by atoms with Crippen molar-refractivity contribution < 1.29 is 4.39 Å². The van der Waals surface area contributed by atoms with Gasteiger partial charge in [-0.05, 0) is 56.8 Å². The van der Waals surface area contributed by atoms with Crippen molar-refractivity contribution >= 4 is 22.9 Å². The van der Waals surface area contributed by atoms with E-state index in [4.69, 9.17) is 0 Å². The summed E-state index contributed by atoms with van der Waals surface area (Å²) >= 11 is 0. The third-order valence-corrected chi connectivity index (χ3v) is 7.81. The average Bonchev–Trinajstić information content (AvgIpc) is 3.56. The molecule has 0 bridgehead atoms. The molecule has 6 heterocycles. The van der Waals surface area contributed by atoms with E-state index in [2.05, 4.69) is 71.4 Å². The summed E-state index contributed by atoms with van der Waals surface area (Å²) in [7, 11) is 0. The summed E-state index contributed by atoms with van der Waals surface area (Å²) in [4.78, 5) is 27.2. The fourth-order valence-corrected chi connectivity index (χ4v) is 6.04. The molecule has 4 aromatic heterocycles. The minimum Gasteiger partial charge on any atom is -0.324 e. The number of aromatic nitrogens is 6. The van der Waals surface area contributed by atoms with Crippen LogP contribution in [-0.2, 0) is 6.54 Å². The average molecular weight is 516 g/mol. The van der Waals surface area contributed by atoms with E-state index in [0.717, 1.165) is 49.4 Å². The number of hydrogen-bond donors (Lipinski definition) is 1. The number of hydrogen-bond acceptors (Lipinski definition) is 8. The van der Waals surface area contributed by atoms with Gasteiger partial charge in [0.2, 0.25) is 5.95 Å². The molecule has 2 aliphatic rings. The second-order valence-electron chi connectivity index (χ2n) is 10.8. The molecule has 9 nitrogen and oxygen atoms in total. The first kappa shape index (κ1) is 24.8. The van der Waals surface area contributed by atoms with Crippen molar-refractivity contribution in [3.05, 3.63) is 54.0 Å². The smallest absolute Gasteiger partial charge is 0.229 e. The van der Waals surface area contributed by atoms with Gasteiger partial charge in [-0.25, -0.2) is 29.3 Å². The predicted octanol–water partition coefficient (Wildman–Crippen LogP) is 4.44. The number of imidazole rings is 1. The monoisotopic (exact) mass is 515 g/mol. The second kappa shape index (κ2) is 9.99. The lowest BCUT2D eigenvalue weighted by Crippen LogP contribution is -2.28. The standard InChI is InChI=1S/C28H34FN9/c1-5-36-13-21-15-37(16-22(21)14-36)12-19-6-7-25(30-9-19)34-28-32-11-23(29)26(35-28)20-8-24-27(31-10-20)33-18(4)38(24)17(2)3/h6-11,17,21-22H,5,12-16H2,1-4H3,(H,30,32,34,35). The van der Waals surface area contributed by atoms with Gasteiger partial charge in [0, 0.05) is 56.7 Å². The van der Waals surface area contributed by atoms with Gasteiger partial charge >= 0.3 is 0 Å². The second-order valence-corrected chi connectivity index (χ2v) is 10.8. The van der Waals surface area contributed by atoms with E-state index in [-0.39, 0.29) is 17.7 Å². The first-order valence-corrected chi connectivity index (χ1v) is 13.4. The third-order valence-electron chi connectivity index (χ3n) is 7.81. The molecule has 2 saturated heterocycles. The molecule has 10 heteroatoms. The van der Waals surface area contributed by atoms with Gasteiger partial charge < -0.3 is 14.8 Å². The Bertz CT molecular complexity index is 1430. The van der Waals surface area contributed by atoms with Gasteiger partial charge in [-0.15, -0.1) is 0 Å². The molecule has 2 atom stereocenters. The third kappa shape index (κ3) is 4.74. The molecule has 2 unspecified atom stereocenters. The highest BCUT2D eigenvalue weighted by atomic mass is 19.1. The van der Waals surface area contributed by atoms with Gasteiger partial charge in [-0.2, -0.15) is 0 Å². The summed E-state index contributed by atoms with van der Waals surface area (Å²) in [6.45, 7) is 15.2. The van der Waals surface area contributed by atoms with Crippen molar-refractivity contribution in [2.75, 3.05) is 38.0 Å². The maximum absolute atomic E-state index is 14.8.